The van der Waals surface area contributed by atoms with Gasteiger partial charge in [0.05, 0.1) is 0 Å². The molecule has 2 fully saturated rings. The Balaban J connectivity index is 2.03. The third-order valence-electron chi connectivity index (χ3n) is 5.45. The Morgan fingerprint density at radius 2 is 1.70 bits per heavy atom. The van der Waals surface area contributed by atoms with Crippen molar-refractivity contribution >= 4 is 18.5 Å². The van der Waals surface area contributed by atoms with E-state index in [4.69, 9.17) is 0 Å². The van der Waals surface area contributed by atoms with Gasteiger partial charge in [0.2, 0.25) is 5.91 Å². The molecule has 1 amide bonds. The van der Waals surface area contributed by atoms with Gasteiger partial charge in [0.1, 0.15) is 0 Å². The lowest BCUT2D eigenvalue weighted by atomic mass is 9.81. The van der Waals surface area contributed by atoms with Gasteiger partial charge < -0.3 is 4.90 Å². The van der Waals surface area contributed by atoms with Crippen molar-refractivity contribution < 1.29 is 4.79 Å². The maximum atomic E-state index is 12.4. The minimum Gasteiger partial charge on any atom is -0.342 e. The third kappa shape index (κ3) is 4.16. The summed E-state index contributed by atoms with van der Waals surface area (Å²) >= 11 is 4.65. The standard InChI is InChI=1S/C17H31NOS/c1-16(2)10-7-15(19)18(12-11-16)13-17(14-20)8-5-3-4-6-9-17/h20H,3-14H2,1-2H3. The van der Waals surface area contributed by atoms with Gasteiger partial charge in [0.25, 0.3) is 0 Å². The summed E-state index contributed by atoms with van der Waals surface area (Å²) in [5.74, 6) is 1.31. The molecule has 0 atom stereocenters. The SMILES string of the molecule is CC1(C)CCC(=O)N(CC2(CS)CCCCCC2)CC1. The van der Waals surface area contributed by atoms with Crippen LogP contribution in [0.25, 0.3) is 0 Å². The fourth-order valence-electron chi connectivity index (χ4n) is 3.71. The Morgan fingerprint density at radius 1 is 1.05 bits per heavy atom. The van der Waals surface area contributed by atoms with Crippen molar-refractivity contribution in [1.82, 2.24) is 4.90 Å². The number of amides is 1. The fourth-order valence-corrected chi connectivity index (χ4v) is 4.12. The van der Waals surface area contributed by atoms with Crippen LogP contribution in [0.4, 0.5) is 0 Å². The fraction of sp³-hybridized carbons (Fsp3) is 0.941. The highest BCUT2D eigenvalue weighted by Crippen LogP contribution is 2.38. The van der Waals surface area contributed by atoms with E-state index in [0.29, 0.717) is 11.3 Å². The van der Waals surface area contributed by atoms with Gasteiger partial charge in [-0.25, -0.2) is 0 Å². The summed E-state index contributed by atoms with van der Waals surface area (Å²) in [4.78, 5) is 14.6. The summed E-state index contributed by atoms with van der Waals surface area (Å²) in [7, 11) is 0. The molecule has 2 aliphatic rings. The van der Waals surface area contributed by atoms with Crippen molar-refractivity contribution in [3.63, 3.8) is 0 Å². The monoisotopic (exact) mass is 297 g/mol. The minimum absolute atomic E-state index is 0.282. The number of nitrogens with zero attached hydrogens (tertiary/aromatic N) is 1. The second-order valence-corrected chi connectivity index (χ2v) is 8.12. The predicted molar refractivity (Wildman–Crippen MR) is 88.2 cm³/mol. The van der Waals surface area contributed by atoms with E-state index >= 15 is 0 Å². The van der Waals surface area contributed by atoms with Crippen molar-refractivity contribution in [2.45, 2.75) is 71.6 Å². The molecule has 2 rings (SSSR count). The first-order valence-corrected chi connectivity index (χ1v) is 8.98. The van der Waals surface area contributed by atoms with E-state index in [9.17, 15) is 4.79 Å². The van der Waals surface area contributed by atoms with Crippen LogP contribution in [0.1, 0.15) is 71.6 Å². The molecule has 2 nitrogen and oxygen atoms in total. The normalized spacial score (nSPS) is 26.9. The molecule has 3 heteroatoms. The van der Waals surface area contributed by atoms with Gasteiger partial charge in [0, 0.05) is 19.5 Å². The molecule has 1 saturated heterocycles. The van der Waals surface area contributed by atoms with Gasteiger partial charge in [-0.05, 0) is 42.3 Å². The number of rotatable bonds is 3. The smallest absolute Gasteiger partial charge is 0.222 e. The quantitative estimate of drug-likeness (QED) is 0.608. The van der Waals surface area contributed by atoms with Gasteiger partial charge >= 0.3 is 0 Å². The Bertz CT molecular complexity index is 332. The Labute approximate surface area is 130 Å². The number of hydrogen-bond acceptors (Lipinski definition) is 2. The van der Waals surface area contributed by atoms with Crippen LogP contribution < -0.4 is 0 Å². The number of carbonyl (C=O) groups excluding carboxylic acids is 1. The Morgan fingerprint density at radius 3 is 2.30 bits per heavy atom. The molecular formula is C17H31NOS. The highest BCUT2D eigenvalue weighted by Gasteiger charge is 2.35. The van der Waals surface area contributed by atoms with E-state index < -0.39 is 0 Å². The van der Waals surface area contributed by atoms with Crippen molar-refractivity contribution in [3.8, 4) is 0 Å². The van der Waals surface area contributed by atoms with Crippen LogP contribution in [0, 0.1) is 10.8 Å². The molecular weight excluding hydrogens is 266 g/mol. The summed E-state index contributed by atoms with van der Waals surface area (Å²) in [6.45, 7) is 6.49. The summed E-state index contributed by atoms with van der Waals surface area (Å²) < 4.78 is 0. The van der Waals surface area contributed by atoms with E-state index in [1.165, 1.54) is 38.5 Å². The third-order valence-corrected chi connectivity index (χ3v) is 6.12. The number of likely N-dealkylation sites (tertiary alicyclic amines) is 1. The van der Waals surface area contributed by atoms with Crippen LogP contribution in [0.2, 0.25) is 0 Å². The number of thiol groups is 1. The molecule has 1 aliphatic heterocycles. The molecule has 0 radical (unpaired) electrons. The Hall–Kier alpha value is -0.180. The van der Waals surface area contributed by atoms with E-state index in [1.807, 2.05) is 0 Å². The average molecular weight is 298 g/mol. The van der Waals surface area contributed by atoms with Gasteiger partial charge in [-0.15, -0.1) is 0 Å². The second-order valence-electron chi connectivity index (χ2n) is 7.80. The van der Waals surface area contributed by atoms with Crippen LogP contribution in [0.3, 0.4) is 0 Å². The highest BCUT2D eigenvalue weighted by atomic mass is 32.1. The largest absolute Gasteiger partial charge is 0.342 e. The summed E-state index contributed by atoms with van der Waals surface area (Å²) in [6, 6.07) is 0. The number of hydrogen-bond donors (Lipinski definition) is 1. The topological polar surface area (TPSA) is 20.3 Å². The van der Waals surface area contributed by atoms with Crippen molar-refractivity contribution in [3.05, 3.63) is 0 Å². The lowest BCUT2D eigenvalue weighted by Gasteiger charge is -2.37. The van der Waals surface area contributed by atoms with Gasteiger partial charge in [0.15, 0.2) is 0 Å². The molecule has 1 saturated carbocycles. The zero-order valence-corrected chi connectivity index (χ0v) is 14.2. The Kier molecular flexibility index (Phi) is 5.44. The van der Waals surface area contributed by atoms with Crippen molar-refractivity contribution in [2.75, 3.05) is 18.8 Å². The van der Waals surface area contributed by atoms with E-state index in [1.54, 1.807) is 0 Å². The first kappa shape index (κ1) is 16.2. The summed E-state index contributed by atoms with van der Waals surface area (Å²) in [5, 5.41) is 0. The number of carbonyl (C=O) groups is 1. The van der Waals surface area contributed by atoms with Crippen LogP contribution >= 0.6 is 12.6 Å². The van der Waals surface area contributed by atoms with E-state index in [-0.39, 0.29) is 5.41 Å². The van der Waals surface area contributed by atoms with E-state index in [2.05, 4.69) is 31.4 Å². The van der Waals surface area contributed by atoms with Crippen molar-refractivity contribution in [2.24, 2.45) is 10.8 Å². The van der Waals surface area contributed by atoms with Crippen molar-refractivity contribution in [1.29, 1.82) is 0 Å². The molecule has 116 valence electrons. The molecule has 0 aromatic carbocycles. The van der Waals surface area contributed by atoms with Gasteiger partial charge in [-0.2, -0.15) is 12.6 Å². The molecule has 0 unspecified atom stereocenters. The summed E-state index contributed by atoms with van der Waals surface area (Å²) in [5.41, 5.74) is 0.603. The zero-order chi connectivity index (χ0) is 14.6. The molecule has 20 heavy (non-hydrogen) atoms. The molecule has 0 spiro atoms. The first-order chi connectivity index (χ1) is 9.46. The van der Waals surface area contributed by atoms with Crippen LogP contribution in [-0.4, -0.2) is 29.6 Å². The second kappa shape index (κ2) is 6.72. The molecule has 0 N–H and O–H groups in total. The molecule has 0 bridgehead atoms. The molecule has 0 aromatic heterocycles. The predicted octanol–water partition coefficient (Wildman–Crippen LogP) is 4.30. The lowest BCUT2D eigenvalue weighted by Crippen LogP contribution is -2.42. The average Bonchev–Trinajstić information content (AvgIpc) is 2.72. The maximum Gasteiger partial charge on any atom is 0.222 e. The summed E-state index contributed by atoms with van der Waals surface area (Å²) in [6.07, 6.45) is 10.8. The van der Waals surface area contributed by atoms with Crippen LogP contribution in [0.5, 0.6) is 0 Å². The highest BCUT2D eigenvalue weighted by molar-refractivity contribution is 7.80. The maximum absolute atomic E-state index is 12.4. The van der Waals surface area contributed by atoms with Crippen LogP contribution in [0.15, 0.2) is 0 Å². The molecule has 0 aromatic rings. The van der Waals surface area contributed by atoms with E-state index in [0.717, 1.165) is 38.1 Å². The molecule has 1 aliphatic carbocycles. The van der Waals surface area contributed by atoms with Gasteiger partial charge in [-0.1, -0.05) is 39.5 Å². The first-order valence-electron chi connectivity index (χ1n) is 8.35. The lowest BCUT2D eigenvalue weighted by molar-refractivity contribution is -0.132. The minimum atomic E-state index is 0.282. The van der Waals surface area contributed by atoms with Gasteiger partial charge in [-0.3, -0.25) is 4.79 Å². The van der Waals surface area contributed by atoms with Crippen LogP contribution in [-0.2, 0) is 4.79 Å². The molecule has 1 heterocycles. The zero-order valence-electron chi connectivity index (χ0n) is 13.3.